The Morgan fingerprint density at radius 2 is 2.14 bits per heavy atom. The van der Waals surface area contributed by atoms with Gasteiger partial charge < -0.3 is 15.4 Å². The lowest BCUT2D eigenvalue weighted by Crippen LogP contribution is -2.37. The maximum absolute atomic E-state index is 13.1. The van der Waals surface area contributed by atoms with E-state index in [1.165, 1.54) is 19.2 Å². The molecule has 0 bridgehead atoms. The Hall–Kier alpha value is -2.11. The number of ether oxygens (including phenoxy) is 1. The zero-order valence-corrected chi connectivity index (χ0v) is 13.2. The van der Waals surface area contributed by atoms with Crippen molar-refractivity contribution in [3.05, 3.63) is 35.6 Å². The van der Waals surface area contributed by atoms with Gasteiger partial charge in [-0.15, -0.1) is 0 Å². The van der Waals surface area contributed by atoms with Gasteiger partial charge in [0, 0.05) is 19.5 Å². The molecule has 2 N–H and O–H groups in total. The molecule has 0 spiro atoms. The number of unbranched alkanes of at least 4 members (excludes halogenated alkanes) is 1. The van der Waals surface area contributed by atoms with Crippen LogP contribution in [-0.4, -0.2) is 32.1 Å². The van der Waals surface area contributed by atoms with Gasteiger partial charge in [0.15, 0.2) is 5.96 Å². The summed E-state index contributed by atoms with van der Waals surface area (Å²) in [6, 6.07) is 6.40. The Morgan fingerprint density at radius 3 is 2.82 bits per heavy atom. The third-order valence-corrected chi connectivity index (χ3v) is 2.98. The predicted molar refractivity (Wildman–Crippen MR) is 85.1 cm³/mol. The van der Waals surface area contributed by atoms with Crippen molar-refractivity contribution in [2.45, 2.75) is 32.7 Å². The highest BCUT2D eigenvalue weighted by molar-refractivity contribution is 5.79. The standard InChI is InChI=1S/C16H24FN3O2/c1-3-18-16(19-10-5-4-9-15(21)22-2)20-12-13-7-6-8-14(17)11-13/h6-8,11H,3-5,9-10,12H2,1-2H3,(H2,18,19,20). The minimum absolute atomic E-state index is 0.188. The molecule has 0 saturated carbocycles. The number of nitrogens with one attached hydrogen (secondary N) is 2. The van der Waals surface area contributed by atoms with E-state index in [4.69, 9.17) is 0 Å². The minimum Gasteiger partial charge on any atom is -0.469 e. The molecule has 122 valence electrons. The summed E-state index contributed by atoms with van der Waals surface area (Å²) >= 11 is 0. The molecular formula is C16H24FN3O2. The molecule has 0 fully saturated rings. The van der Waals surface area contributed by atoms with E-state index in [0.717, 1.165) is 24.9 Å². The van der Waals surface area contributed by atoms with Crippen LogP contribution in [0.4, 0.5) is 4.39 Å². The number of hydrogen-bond donors (Lipinski definition) is 2. The van der Waals surface area contributed by atoms with Crippen molar-refractivity contribution >= 4 is 11.9 Å². The lowest BCUT2D eigenvalue weighted by molar-refractivity contribution is -0.140. The first kappa shape index (κ1) is 17.9. The number of rotatable bonds is 8. The molecule has 0 aliphatic rings. The van der Waals surface area contributed by atoms with Crippen LogP contribution in [0.1, 0.15) is 31.7 Å². The molecule has 0 atom stereocenters. The largest absolute Gasteiger partial charge is 0.469 e. The molecule has 6 heteroatoms. The molecule has 0 aliphatic carbocycles. The molecule has 22 heavy (non-hydrogen) atoms. The second-order valence-electron chi connectivity index (χ2n) is 4.79. The fraction of sp³-hybridized carbons (Fsp3) is 0.500. The third kappa shape index (κ3) is 7.61. The van der Waals surface area contributed by atoms with Crippen molar-refractivity contribution in [3.8, 4) is 0 Å². The van der Waals surface area contributed by atoms with Gasteiger partial charge in [0.25, 0.3) is 0 Å². The van der Waals surface area contributed by atoms with Crippen molar-refractivity contribution in [1.29, 1.82) is 0 Å². The van der Waals surface area contributed by atoms with Gasteiger partial charge in [-0.2, -0.15) is 0 Å². The van der Waals surface area contributed by atoms with Crippen LogP contribution in [0, 0.1) is 5.82 Å². The fourth-order valence-corrected chi connectivity index (χ4v) is 1.85. The van der Waals surface area contributed by atoms with Crippen LogP contribution in [0.3, 0.4) is 0 Å². The first-order valence-electron chi connectivity index (χ1n) is 7.49. The fourth-order valence-electron chi connectivity index (χ4n) is 1.85. The Labute approximate surface area is 131 Å². The van der Waals surface area contributed by atoms with E-state index < -0.39 is 0 Å². The number of carbonyl (C=O) groups is 1. The van der Waals surface area contributed by atoms with Crippen molar-refractivity contribution in [3.63, 3.8) is 0 Å². The summed E-state index contributed by atoms with van der Waals surface area (Å²) in [6.45, 7) is 3.86. The highest BCUT2D eigenvalue weighted by Crippen LogP contribution is 2.04. The van der Waals surface area contributed by atoms with Gasteiger partial charge in [-0.1, -0.05) is 12.1 Å². The second-order valence-corrected chi connectivity index (χ2v) is 4.79. The number of nitrogens with zero attached hydrogens (tertiary/aromatic N) is 1. The van der Waals surface area contributed by atoms with E-state index in [2.05, 4.69) is 20.4 Å². The SMILES string of the molecule is CCNC(=NCc1cccc(F)c1)NCCCCC(=O)OC. The van der Waals surface area contributed by atoms with Crippen molar-refractivity contribution < 1.29 is 13.9 Å². The Bertz CT molecular complexity index is 492. The number of esters is 1. The molecule has 1 aromatic carbocycles. The molecule has 0 amide bonds. The lowest BCUT2D eigenvalue weighted by Gasteiger charge is -2.11. The zero-order valence-electron chi connectivity index (χ0n) is 13.2. The summed E-state index contributed by atoms with van der Waals surface area (Å²) in [4.78, 5) is 15.4. The normalized spacial score (nSPS) is 11.1. The van der Waals surface area contributed by atoms with Gasteiger partial charge in [-0.3, -0.25) is 4.79 Å². The van der Waals surface area contributed by atoms with Crippen LogP contribution in [0.25, 0.3) is 0 Å². The van der Waals surface area contributed by atoms with E-state index in [-0.39, 0.29) is 11.8 Å². The monoisotopic (exact) mass is 309 g/mol. The highest BCUT2D eigenvalue weighted by Gasteiger charge is 2.01. The molecular weight excluding hydrogens is 285 g/mol. The topological polar surface area (TPSA) is 62.7 Å². The molecule has 1 rings (SSSR count). The summed E-state index contributed by atoms with van der Waals surface area (Å²) in [5.41, 5.74) is 0.822. The van der Waals surface area contributed by atoms with E-state index in [1.807, 2.05) is 13.0 Å². The number of hydrogen-bond acceptors (Lipinski definition) is 3. The van der Waals surface area contributed by atoms with Crippen molar-refractivity contribution in [2.75, 3.05) is 20.2 Å². The van der Waals surface area contributed by atoms with Crippen molar-refractivity contribution in [1.82, 2.24) is 10.6 Å². The number of aliphatic imine (C=N–C) groups is 1. The molecule has 0 radical (unpaired) electrons. The first-order valence-corrected chi connectivity index (χ1v) is 7.49. The van der Waals surface area contributed by atoms with Crippen LogP contribution in [0.2, 0.25) is 0 Å². The minimum atomic E-state index is -0.256. The first-order chi connectivity index (χ1) is 10.7. The average molecular weight is 309 g/mol. The Morgan fingerprint density at radius 1 is 1.32 bits per heavy atom. The molecule has 0 aromatic heterocycles. The quantitative estimate of drug-likeness (QED) is 0.334. The van der Waals surface area contributed by atoms with Gasteiger partial charge in [0.05, 0.1) is 13.7 Å². The molecule has 0 saturated heterocycles. The molecule has 1 aromatic rings. The number of halogens is 1. The second kappa shape index (κ2) is 10.6. The van der Waals surface area contributed by atoms with Gasteiger partial charge in [-0.05, 0) is 37.5 Å². The van der Waals surface area contributed by atoms with Crippen LogP contribution >= 0.6 is 0 Å². The lowest BCUT2D eigenvalue weighted by atomic mass is 10.2. The van der Waals surface area contributed by atoms with Crippen LogP contribution in [-0.2, 0) is 16.1 Å². The third-order valence-electron chi connectivity index (χ3n) is 2.98. The molecule has 0 aliphatic heterocycles. The smallest absolute Gasteiger partial charge is 0.305 e. The summed E-state index contributed by atoms with van der Waals surface area (Å²) in [7, 11) is 1.39. The van der Waals surface area contributed by atoms with Gasteiger partial charge in [-0.25, -0.2) is 9.38 Å². The van der Waals surface area contributed by atoms with Crippen LogP contribution in [0.15, 0.2) is 29.3 Å². The van der Waals surface area contributed by atoms with E-state index in [9.17, 15) is 9.18 Å². The highest BCUT2D eigenvalue weighted by atomic mass is 19.1. The predicted octanol–water partition coefficient (Wildman–Crippen LogP) is 2.22. The molecule has 0 heterocycles. The van der Waals surface area contributed by atoms with Gasteiger partial charge >= 0.3 is 5.97 Å². The summed E-state index contributed by atoms with van der Waals surface area (Å²) in [5, 5.41) is 6.32. The molecule has 5 nitrogen and oxygen atoms in total. The van der Waals surface area contributed by atoms with Crippen LogP contribution in [0.5, 0.6) is 0 Å². The number of benzene rings is 1. The van der Waals surface area contributed by atoms with E-state index >= 15 is 0 Å². The maximum Gasteiger partial charge on any atom is 0.305 e. The van der Waals surface area contributed by atoms with Crippen LogP contribution < -0.4 is 10.6 Å². The average Bonchev–Trinajstić information content (AvgIpc) is 2.52. The van der Waals surface area contributed by atoms with E-state index in [1.54, 1.807) is 6.07 Å². The number of guanidine groups is 1. The zero-order chi connectivity index (χ0) is 16.2. The van der Waals surface area contributed by atoms with Gasteiger partial charge in [0.1, 0.15) is 5.82 Å². The maximum atomic E-state index is 13.1. The number of methoxy groups -OCH3 is 1. The summed E-state index contributed by atoms with van der Waals surface area (Å²) in [6.07, 6.45) is 2.04. The van der Waals surface area contributed by atoms with Gasteiger partial charge in [0.2, 0.25) is 0 Å². The Balaban J connectivity index is 2.37. The molecule has 0 unspecified atom stereocenters. The van der Waals surface area contributed by atoms with E-state index in [0.29, 0.717) is 25.5 Å². The van der Waals surface area contributed by atoms with Crippen molar-refractivity contribution in [2.24, 2.45) is 4.99 Å². The number of carbonyl (C=O) groups excluding carboxylic acids is 1. The summed E-state index contributed by atoms with van der Waals surface area (Å²) < 4.78 is 17.7. The summed E-state index contributed by atoms with van der Waals surface area (Å²) in [5.74, 6) is 0.241. The Kier molecular flexibility index (Phi) is 8.64.